The quantitative estimate of drug-likeness (QED) is 0.810. The van der Waals surface area contributed by atoms with E-state index in [1.807, 2.05) is 44.2 Å². The van der Waals surface area contributed by atoms with Crippen molar-refractivity contribution >= 4 is 23.4 Å². The number of rotatable bonds is 6. The fourth-order valence-electron chi connectivity index (χ4n) is 3.30. The lowest BCUT2D eigenvalue weighted by Gasteiger charge is -2.16. The van der Waals surface area contributed by atoms with Crippen molar-refractivity contribution in [3.63, 3.8) is 0 Å². The van der Waals surface area contributed by atoms with Crippen LogP contribution in [0.25, 0.3) is 0 Å². The second-order valence-corrected chi connectivity index (χ2v) is 7.34. The Balaban J connectivity index is 1.54. The van der Waals surface area contributed by atoms with Gasteiger partial charge in [0.05, 0.1) is 6.54 Å². The van der Waals surface area contributed by atoms with Gasteiger partial charge in [-0.1, -0.05) is 30.3 Å². The van der Waals surface area contributed by atoms with Gasteiger partial charge < -0.3 is 15.5 Å². The standard InChI is InChI=1S/C22H25N3O3/c1-15(2)23-22(28)17-8-10-19(11-9-17)24-20(26)14-25-13-18(12-21(25)27)16-6-4-3-5-7-16/h3-11,15,18H,12-14H2,1-2H3,(H,23,28)(H,24,26). The summed E-state index contributed by atoms with van der Waals surface area (Å²) in [5.74, 6) is -0.283. The molecule has 2 aromatic rings. The van der Waals surface area contributed by atoms with Gasteiger partial charge in [0.1, 0.15) is 0 Å². The Hall–Kier alpha value is -3.15. The van der Waals surface area contributed by atoms with Gasteiger partial charge in [-0.05, 0) is 43.7 Å². The van der Waals surface area contributed by atoms with Gasteiger partial charge in [0.25, 0.3) is 5.91 Å². The topological polar surface area (TPSA) is 78.5 Å². The van der Waals surface area contributed by atoms with Crippen LogP contribution < -0.4 is 10.6 Å². The van der Waals surface area contributed by atoms with Gasteiger partial charge >= 0.3 is 0 Å². The summed E-state index contributed by atoms with van der Waals surface area (Å²) in [6.07, 6.45) is 0.428. The first-order valence-corrected chi connectivity index (χ1v) is 9.46. The van der Waals surface area contributed by atoms with Crippen molar-refractivity contribution in [2.45, 2.75) is 32.2 Å². The van der Waals surface area contributed by atoms with E-state index in [0.717, 1.165) is 5.56 Å². The number of anilines is 1. The number of hydrogen-bond donors (Lipinski definition) is 2. The largest absolute Gasteiger partial charge is 0.350 e. The third-order valence-corrected chi connectivity index (χ3v) is 4.67. The zero-order valence-corrected chi connectivity index (χ0v) is 16.1. The highest BCUT2D eigenvalue weighted by atomic mass is 16.2. The first-order valence-electron chi connectivity index (χ1n) is 9.46. The van der Waals surface area contributed by atoms with Crippen LogP contribution >= 0.6 is 0 Å². The molecule has 2 N–H and O–H groups in total. The summed E-state index contributed by atoms with van der Waals surface area (Å²) in [6, 6.07) is 16.7. The molecule has 1 unspecified atom stereocenters. The van der Waals surface area contributed by atoms with E-state index in [-0.39, 0.29) is 36.2 Å². The van der Waals surface area contributed by atoms with Crippen molar-refractivity contribution in [2.24, 2.45) is 0 Å². The molecule has 2 aromatic carbocycles. The molecule has 0 saturated carbocycles. The number of amides is 3. The smallest absolute Gasteiger partial charge is 0.251 e. The maximum absolute atomic E-state index is 12.3. The van der Waals surface area contributed by atoms with E-state index in [0.29, 0.717) is 24.2 Å². The van der Waals surface area contributed by atoms with Gasteiger partial charge in [0, 0.05) is 36.2 Å². The third kappa shape index (κ3) is 4.97. The Bertz CT molecular complexity index is 847. The van der Waals surface area contributed by atoms with Crippen molar-refractivity contribution in [2.75, 3.05) is 18.4 Å². The van der Waals surface area contributed by atoms with Crippen LogP contribution in [0.5, 0.6) is 0 Å². The molecular formula is C22H25N3O3. The molecule has 0 radical (unpaired) electrons. The number of hydrogen-bond acceptors (Lipinski definition) is 3. The minimum absolute atomic E-state index is 0.00953. The van der Waals surface area contributed by atoms with Gasteiger partial charge in [-0.25, -0.2) is 0 Å². The highest BCUT2D eigenvalue weighted by Crippen LogP contribution is 2.27. The molecule has 1 aliphatic rings. The van der Waals surface area contributed by atoms with Crippen molar-refractivity contribution < 1.29 is 14.4 Å². The van der Waals surface area contributed by atoms with Gasteiger partial charge in [-0.2, -0.15) is 0 Å². The maximum atomic E-state index is 12.3. The summed E-state index contributed by atoms with van der Waals surface area (Å²) in [5, 5.41) is 5.61. The molecule has 1 atom stereocenters. The van der Waals surface area contributed by atoms with E-state index < -0.39 is 0 Å². The van der Waals surface area contributed by atoms with Crippen molar-refractivity contribution in [1.29, 1.82) is 0 Å². The Kier molecular flexibility index (Phi) is 6.09. The third-order valence-electron chi connectivity index (χ3n) is 4.67. The van der Waals surface area contributed by atoms with E-state index >= 15 is 0 Å². The van der Waals surface area contributed by atoms with Crippen LogP contribution in [0, 0.1) is 0 Å². The lowest BCUT2D eigenvalue weighted by Crippen LogP contribution is -2.34. The second kappa shape index (κ2) is 8.69. The average Bonchev–Trinajstić information content (AvgIpc) is 3.03. The van der Waals surface area contributed by atoms with Gasteiger partial charge in [0.15, 0.2) is 0 Å². The molecule has 1 aliphatic heterocycles. The lowest BCUT2D eigenvalue weighted by atomic mass is 9.99. The summed E-state index contributed by atoms with van der Waals surface area (Å²) in [4.78, 5) is 38.1. The molecule has 0 bridgehead atoms. The Labute approximate surface area is 164 Å². The number of nitrogens with one attached hydrogen (secondary N) is 2. The fourth-order valence-corrected chi connectivity index (χ4v) is 3.30. The monoisotopic (exact) mass is 379 g/mol. The van der Waals surface area contributed by atoms with E-state index in [9.17, 15) is 14.4 Å². The number of benzene rings is 2. The Morgan fingerprint density at radius 2 is 1.75 bits per heavy atom. The maximum Gasteiger partial charge on any atom is 0.251 e. The minimum Gasteiger partial charge on any atom is -0.350 e. The number of carbonyl (C=O) groups is 3. The van der Waals surface area contributed by atoms with Gasteiger partial charge in [-0.3, -0.25) is 14.4 Å². The molecule has 0 spiro atoms. The molecule has 146 valence electrons. The summed E-state index contributed by atoms with van der Waals surface area (Å²) in [5.41, 5.74) is 2.25. The SMILES string of the molecule is CC(C)NC(=O)c1ccc(NC(=O)CN2CC(c3ccccc3)CC2=O)cc1. The number of nitrogens with zero attached hydrogens (tertiary/aromatic N) is 1. The zero-order chi connectivity index (χ0) is 20.1. The molecule has 0 aliphatic carbocycles. The molecular weight excluding hydrogens is 354 g/mol. The highest BCUT2D eigenvalue weighted by molar-refractivity contribution is 5.97. The summed E-state index contributed by atoms with van der Waals surface area (Å²) in [6.45, 7) is 4.37. The lowest BCUT2D eigenvalue weighted by molar-refractivity contribution is -0.131. The molecule has 1 heterocycles. The average molecular weight is 379 g/mol. The molecule has 28 heavy (non-hydrogen) atoms. The Morgan fingerprint density at radius 1 is 1.07 bits per heavy atom. The predicted octanol–water partition coefficient (Wildman–Crippen LogP) is 2.78. The van der Waals surface area contributed by atoms with Crippen LogP contribution in [0.4, 0.5) is 5.69 Å². The second-order valence-electron chi connectivity index (χ2n) is 7.34. The molecule has 1 saturated heterocycles. The summed E-state index contributed by atoms with van der Waals surface area (Å²) < 4.78 is 0. The van der Waals surface area contributed by atoms with E-state index in [4.69, 9.17) is 0 Å². The molecule has 6 nitrogen and oxygen atoms in total. The van der Waals surface area contributed by atoms with Crippen molar-refractivity contribution in [1.82, 2.24) is 10.2 Å². The molecule has 3 amide bonds. The highest BCUT2D eigenvalue weighted by Gasteiger charge is 2.31. The predicted molar refractivity (Wildman–Crippen MR) is 108 cm³/mol. The van der Waals surface area contributed by atoms with Crippen molar-refractivity contribution in [3.05, 3.63) is 65.7 Å². The van der Waals surface area contributed by atoms with Gasteiger partial charge in [-0.15, -0.1) is 0 Å². The van der Waals surface area contributed by atoms with Crippen LogP contribution in [0.15, 0.2) is 54.6 Å². The van der Waals surface area contributed by atoms with E-state index in [2.05, 4.69) is 10.6 Å². The fraction of sp³-hybridized carbons (Fsp3) is 0.318. The molecule has 1 fully saturated rings. The molecule has 3 rings (SSSR count). The zero-order valence-electron chi connectivity index (χ0n) is 16.1. The first kappa shape index (κ1) is 19.6. The molecule has 6 heteroatoms. The summed E-state index contributed by atoms with van der Waals surface area (Å²) >= 11 is 0. The first-order chi connectivity index (χ1) is 13.4. The number of likely N-dealkylation sites (tertiary alicyclic amines) is 1. The van der Waals surface area contributed by atoms with Crippen LogP contribution in [-0.4, -0.2) is 41.8 Å². The number of carbonyl (C=O) groups excluding carboxylic acids is 3. The van der Waals surface area contributed by atoms with E-state index in [1.165, 1.54) is 0 Å². The van der Waals surface area contributed by atoms with E-state index in [1.54, 1.807) is 29.2 Å². The van der Waals surface area contributed by atoms with Crippen molar-refractivity contribution in [3.8, 4) is 0 Å². The van der Waals surface area contributed by atoms with Crippen LogP contribution in [-0.2, 0) is 9.59 Å². The normalized spacial score (nSPS) is 16.3. The summed E-state index contributed by atoms with van der Waals surface area (Å²) in [7, 11) is 0. The molecule has 0 aromatic heterocycles. The van der Waals surface area contributed by atoms with Crippen LogP contribution in [0.1, 0.15) is 42.1 Å². The minimum atomic E-state index is -0.249. The van der Waals surface area contributed by atoms with Crippen LogP contribution in [0.3, 0.4) is 0 Å². The van der Waals surface area contributed by atoms with Crippen LogP contribution in [0.2, 0.25) is 0 Å². The Morgan fingerprint density at radius 3 is 2.39 bits per heavy atom. The van der Waals surface area contributed by atoms with Gasteiger partial charge in [0.2, 0.25) is 11.8 Å².